The van der Waals surface area contributed by atoms with E-state index in [4.69, 9.17) is 4.42 Å². The molecule has 0 bridgehead atoms. The minimum absolute atomic E-state index is 0.478. The highest BCUT2D eigenvalue weighted by Gasteiger charge is 2.34. The van der Waals surface area contributed by atoms with Gasteiger partial charge < -0.3 is 9.73 Å². The molecular formula is C17H30N2O. The molecule has 2 rings (SSSR count). The van der Waals surface area contributed by atoms with Crippen LogP contribution in [0.5, 0.6) is 0 Å². The third kappa shape index (κ3) is 4.35. The van der Waals surface area contributed by atoms with Gasteiger partial charge in [0, 0.05) is 13.1 Å². The molecule has 0 spiro atoms. The second-order valence-corrected chi connectivity index (χ2v) is 6.57. The van der Waals surface area contributed by atoms with Gasteiger partial charge in [-0.15, -0.1) is 0 Å². The molecule has 1 aliphatic rings. The number of furan rings is 1. The second kappa shape index (κ2) is 7.28. The maximum atomic E-state index is 5.69. The number of aryl methyl sites for hydroxylation is 1. The Morgan fingerprint density at radius 3 is 2.65 bits per heavy atom. The topological polar surface area (TPSA) is 28.4 Å². The number of nitrogens with zero attached hydrogens (tertiary/aromatic N) is 1. The van der Waals surface area contributed by atoms with E-state index in [1.165, 1.54) is 45.2 Å². The van der Waals surface area contributed by atoms with Gasteiger partial charge in [0.25, 0.3) is 0 Å². The fourth-order valence-electron chi connectivity index (χ4n) is 3.51. The van der Waals surface area contributed by atoms with Crippen molar-refractivity contribution in [3.05, 3.63) is 23.7 Å². The van der Waals surface area contributed by atoms with Crippen molar-refractivity contribution in [1.82, 2.24) is 10.2 Å². The summed E-state index contributed by atoms with van der Waals surface area (Å²) in [7, 11) is 2.22. The van der Waals surface area contributed by atoms with E-state index in [0.717, 1.165) is 24.6 Å². The van der Waals surface area contributed by atoms with Gasteiger partial charge in [-0.3, -0.25) is 4.90 Å². The number of nitrogens with one attached hydrogen (secondary N) is 1. The molecule has 1 aromatic heterocycles. The van der Waals surface area contributed by atoms with Crippen LogP contribution in [0.3, 0.4) is 0 Å². The molecule has 114 valence electrons. The fourth-order valence-corrected chi connectivity index (χ4v) is 3.51. The van der Waals surface area contributed by atoms with E-state index >= 15 is 0 Å². The lowest BCUT2D eigenvalue weighted by Crippen LogP contribution is -2.41. The zero-order valence-corrected chi connectivity index (χ0v) is 13.4. The Kier molecular flexibility index (Phi) is 5.67. The zero-order chi connectivity index (χ0) is 14.4. The smallest absolute Gasteiger partial charge is 0.118 e. The van der Waals surface area contributed by atoms with E-state index in [1.807, 2.05) is 6.92 Å². The number of hydrogen-bond acceptors (Lipinski definition) is 3. The maximum Gasteiger partial charge on any atom is 0.118 e. The number of rotatable bonds is 8. The predicted octanol–water partition coefficient (Wildman–Crippen LogP) is 3.58. The van der Waals surface area contributed by atoms with Crippen LogP contribution in [0.1, 0.15) is 50.5 Å². The minimum atomic E-state index is 0.478. The molecule has 0 unspecified atom stereocenters. The minimum Gasteiger partial charge on any atom is -0.465 e. The van der Waals surface area contributed by atoms with E-state index in [2.05, 4.69) is 36.3 Å². The zero-order valence-electron chi connectivity index (χ0n) is 13.4. The highest BCUT2D eigenvalue weighted by Crippen LogP contribution is 2.38. The third-order valence-corrected chi connectivity index (χ3v) is 4.42. The lowest BCUT2D eigenvalue weighted by molar-refractivity contribution is 0.160. The van der Waals surface area contributed by atoms with Gasteiger partial charge in [-0.25, -0.2) is 0 Å². The standard InChI is InChI=1S/C17H30N2O/c1-4-11-18-13-17(9-5-6-10-17)14-19(3)12-16-8-7-15(2)20-16/h7-8,18H,4-6,9-14H2,1-3H3. The Hall–Kier alpha value is -0.800. The summed E-state index contributed by atoms with van der Waals surface area (Å²) in [5, 5.41) is 3.64. The highest BCUT2D eigenvalue weighted by atomic mass is 16.3. The van der Waals surface area contributed by atoms with Gasteiger partial charge in [0.1, 0.15) is 11.5 Å². The quantitative estimate of drug-likeness (QED) is 0.737. The van der Waals surface area contributed by atoms with Crippen molar-refractivity contribution < 1.29 is 4.42 Å². The SMILES string of the molecule is CCCNCC1(CN(C)Cc2ccc(C)o2)CCCC1. The molecule has 1 saturated carbocycles. The molecule has 1 aromatic rings. The maximum absolute atomic E-state index is 5.69. The van der Waals surface area contributed by atoms with Crippen molar-refractivity contribution in [1.29, 1.82) is 0 Å². The summed E-state index contributed by atoms with van der Waals surface area (Å²) in [6.07, 6.45) is 6.73. The summed E-state index contributed by atoms with van der Waals surface area (Å²) in [5.74, 6) is 2.09. The molecule has 0 saturated heterocycles. The lowest BCUT2D eigenvalue weighted by atomic mass is 9.85. The predicted molar refractivity (Wildman–Crippen MR) is 83.8 cm³/mol. The second-order valence-electron chi connectivity index (χ2n) is 6.57. The Balaban J connectivity index is 1.86. The van der Waals surface area contributed by atoms with Crippen molar-refractivity contribution >= 4 is 0 Å². The first-order valence-corrected chi connectivity index (χ1v) is 8.08. The molecule has 1 heterocycles. The van der Waals surface area contributed by atoms with Crippen molar-refractivity contribution in [2.75, 3.05) is 26.7 Å². The van der Waals surface area contributed by atoms with Gasteiger partial charge in [-0.2, -0.15) is 0 Å². The van der Waals surface area contributed by atoms with Crippen LogP contribution in [0.15, 0.2) is 16.5 Å². The highest BCUT2D eigenvalue weighted by molar-refractivity contribution is 5.05. The van der Waals surface area contributed by atoms with Crippen LogP contribution in [-0.2, 0) is 6.54 Å². The van der Waals surface area contributed by atoms with Gasteiger partial charge >= 0.3 is 0 Å². The van der Waals surface area contributed by atoms with Crippen molar-refractivity contribution in [3.8, 4) is 0 Å². The average molecular weight is 278 g/mol. The van der Waals surface area contributed by atoms with Gasteiger partial charge in [0.05, 0.1) is 6.54 Å². The van der Waals surface area contributed by atoms with Crippen LogP contribution in [0.2, 0.25) is 0 Å². The van der Waals surface area contributed by atoms with Gasteiger partial charge in [-0.1, -0.05) is 19.8 Å². The molecule has 0 atom stereocenters. The molecule has 1 fully saturated rings. The van der Waals surface area contributed by atoms with E-state index in [1.54, 1.807) is 0 Å². The van der Waals surface area contributed by atoms with Crippen molar-refractivity contribution in [3.63, 3.8) is 0 Å². The number of hydrogen-bond donors (Lipinski definition) is 1. The van der Waals surface area contributed by atoms with E-state index in [0.29, 0.717) is 5.41 Å². The Bertz CT molecular complexity index is 393. The third-order valence-electron chi connectivity index (χ3n) is 4.42. The monoisotopic (exact) mass is 278 g/mol. The first kappa shape index (κ1) is 15.6. The summed E-state index contributed by atoms with van der Waals surface area (Å²) < 4.78 is 5.69. The summed E-state index contributed by atoms with van der Waals surface area (Å²) in [5.41, 5.74) is 0.478. The van der Waals surface area contributed by atoms with Crippen LogP contribution in [0, 0.1) is 12.3 Å². The van der Waals surface area contributed by atoms with Crippen LogP contribution in [0.25, 0.3) is 0 Å². The average Bonchev–Trinajstić information content (AvgIpc) is 3.00. The molecular weight excluding hydrogens is 248 g/mol. The van der Waals surface area contributed by atoms with E-state index in [-0.39, 0.29) is 0 Å². The van der Waals surface area contributed by atoms with Crippen LogP contribution in [-0.4, -0.2) is 31.6 Å². The van der Waals surface area contributed by atoms with Crippen LogP contribution < -0.4 is 5.32 Å². The summed E-state index contributed by atoms with van der Waals surface area (Å²) in [4.78, 5) is 2.43. The summed E-state index contributed by atoms with van der Waals surface area (Å²) >= 11 is 0. The Morgan fingerprint density at radius 2 is 2.05 bits per heavy atom. The first-order chi connectivity index (χ1) is 9.63. The molecule has 0 aromatic carbocycles. The van der Waals surface area contributed by atoms with Gasteiger partial charge in [0.15, 0.2) is 0 Å². The van der Waals surface area contributed by atoms with E-state index in [9.17, 15) is 0 Å². The molecule has 1 aliphatic carbocycles. The van der Waals surface area contributed by atoms with E-state index < -0.39 is 0 Å². The molecule has 20 heavy (non-hydrogen) atoms. The molecule has 0 amide bonds. The van der Waals surface area contributed by atoms with Gasteiger partial charge in [-0.05, 0) is 57.3 Å². The fraction of sp³-hybridized carbons (Fsp3) is 0.765. The van der Waals surface area contributed by atoms with Crippen LogP contribution in [0.4, 0.5) is 0 Å². The summed E-state index contributed by atoms with van der Waals surface area (Å²) in [6, 6.07) is 4.15. The van der Waals surface area contributed by atoms with Crippen LogP contribution >= 0.6 is 0 Å². The first-order valence-electron chi connectivity index (χ1n) is 8.08. The molecule has 3 heteroatoms. The summed E-state index contributed by atoms with van der Waals surface area (Å²) in [6.45, 7) is 8.65. The normalized spacial score (nSPS) is 18.0. The van der Waals surface area contributed by atoms with Crippen molar-refractivity contribution in [2.45, 2.75) is 52.5 Å². The Labute approximate surface area is 123 Å². The molecule has 0 aliphatic heterocycles. The Morgan fingerprint density at radius 1 is 1.30 bits per heavy atom. The van der Waals surface area contributed by atoms with Crippen molar-refractivity contribution in [2.24, 2.45) is 5.41 Å². The molecule has 1 N–H and O–H groups in total. The van der Waals surface area contributed by atoms with Gasteiger partial charge in [0.2, 0.25) is 0 Å². The molecule has 0 radical (unpaired) electrons. The largest absolute Gasteiger partial charge is 0.465 e. The lowest BCUT2D eigenvalue weighted by Gasteiger charge is -2.33. The molecule has 3 nitrogen and oxygen atoms in total.